The summed E-state index contributed by atoms with van der Waals surface area (Å²) in [6, 6.07) is 21.0. The highest BCUT2D eigenvalue weighted by Crippen LogP contribution is 2.30. The second-order valence-electron chi connectivity index (χ2n) is 10.8. The zero-order valence-corrected chi connectivity index (χ0v) is 23.2. The first kappa shape index (κ1) is 30.8. The van der Waals surface area contributed by atoms with Gasteiger partial charge in [-0.3, -0.25) is 4.79 Å². The minimum Gasteiger partial charge on any atom is -0.481 e. The summed E-state index contributed by atoms with van der Waals surface area (Å²) in [4.78, 5) is 12.0. The van der Waals surface area contributed by atoms with Gasteiger partial charge in [0.25, 0.3) is 0 Å². The average Bonchev–Trinajstić information content (AvgIpc) is 2.90. The van der Waals surface area contributed by atoms with Crippen LogP contribution >= 0.6 is 0 Å². The number of carbonyl (C=O) groups is 1. The third-order valence-electron chi connectivity index (χ3n) is 7.69. The summed E-state index contributed by atoms with van der Waals surface area (Å²) in [6.45, 7) is 3.88. The van der Waals surface area contributed by atoms with E-state index in [1.165, 1.54) is 43.2 Å². The Morgan fingerprint density at radius 1 is 0.784 bits per heavy atom. The Bertz CT molecular complexity index is 859. The normalized spacial score (nSPS) is 14.9. The van der Waals surface area contributed by atoms with Crippen LogP contribution in [0.2, 0.25) is 0 Å². The molecule has 3 nitrogen and oxygen atoms in total. The molecule has 0 aliphatic carbocycles. The van der Waals surface area contributed by atoms with Crippen molar-refractivity contribution in [1.82, 2.24) is 0 Å². The van der Waals surface area contributed by atoms with E-state index in [1.54, 1.807) is 6.92 Å². The number of allylic oxidation sites excluding steroid dienone is 2. The number of aliphatic carboxylic acids is 1. The van der Waals surface area contributed by atoms with E-state index in [9.17, 15) is 15.0 Å². The molecule has 0 heterocycles. The average molecular weight is 507 g/mol. The minimum atomic E-state index is -0.875. The molecule has 0 amide bonds. The molecule has 204 valence electrons. The molecule has 0 aromatic heterocycles. The van der Waals surface area contributed by atoms with Crippen molar-refractivity contribution >= 4 is 5.97 Å². The van der Waals surface area contributed by atoms with E-state index in [0.717, 1.165) is 51.4 Å². The number of rotatable bonds is 20. The number of aliphatic hydroxyl groups is 1. The van der Waals surface area contributed by atoms with E-state index in [1.807, 2.05) is 18.2 Å². The fourth-order valence-corrected chi connectivity index (χ4v) is 5.46. The van der Waals surface area contributed by atoms with Crippen LogP contribution in [0.3, 0.4) is 0 Å². The van der Waals surface area contributed by atoms with Crippen LogP contribution in [0, 0.1) is 17.8 Å². The van der Waals surface area contributed by atoms with Crippen LogP contribution in [-0.4, -0.2) is 22.3 Å². The molecule has 0 unspecified atom stereocenters. The number of hydrogen-bond acceptors (Lipinski definition) is 2. The predicted molar refractivity (Wildman–Crippen MR) is 156 cm³/mol. The molecule has 2 rings (SSSR count). The van der Waals surface area contributed by atoms with E-state index >= 15 is 0 Å². The van der Waals surface area contributed by atoms with Gasteiger partial charge in [-0.1, -0.05) is 112 Å². The van der Waals surface area contributed by atoms with Crippen molar-refractivity contribution in [2.75, 3.05) is 0 Å². The lowest BCUT2D eigenvalue weighted by atomic mass is 9.79. The first-order chi connectivity index (χ1) is 18.0. The van der Waals surface area contributed by atoms with E-state index in [0.29, 0.717) is 5.92 Å². The summed E-state index contributed by atoms with van der Waals surface area (Å²) in [5.74, 6) is -1.02. The lowest BCUT2D eigenvalue weighted by molar-refractivity contribution is -0.148. The van der Waals surface area contributed by atoms with Gasteiger partial charge in [0.1, 0.15) is 0 Å². The smallest absolute Gasteiger partial charge is 0.309 e. The Morgan fingerprint density at radius 3 is 1.97 bits per heavy atom. The van der Waals surface area contributed by atoms with Gasteiger partial charge in [-0.25, -0.2) is 0 Å². The Balaban J connectivity index is 1.96. The standard InChI is InChI=1S/C34H50O3/c1-3-4-5-6-7-8-11-17-31(25-24-29-18-12-9-13-19-29)22-16-23-32(33(28(2)35)34(36)37)27-26-30-20-14-10-15-21-30/h8-15,18-21,28,31-33,35H,3-7,16-17,22-27H2,1-2H3,(H,36,37)/b11-8-/t28-,31+,32+,33+/m0/s1. The number of aliphatic hydroxyl groups excluding tert-OH is 1. The molecule has 3 heteroatoms. The number of aryl methyl sites for hydroxylation is 2. The lowest BCUT2D eigenvalue weighted by Crippen LogP contribution is -2.33. The van der Waals surface area contributed by atoms with Crippen LogP contribution in [0.5, 0.6) is 0 Å². The molecule has 0 aliphatic rings. The summed E-state index contributed by atoms with van der Waals surface area (Å²) in [6.07, 6.45) is 18.2. The molecular formula is C34H50O3. The maximum absolute atomic E-state index is 12.0. The van der Waals surface area contributed by atoms with E-state index in [4.69, 9.17) is 0 Å². The van der Waals surface area contributed by atoms with Crippen molar-refractivity contribution in [2.24, 2.45) is 17.8 Å². The van der Waals surface area contributed by atoms with Gasteiger partial charge in [-0.15, -0.1) is 0 Å². The van der Waals surface area contributed by atoms with Gasteiger partial charge < -0.3 is 10.2 Å². The second kappa shape index (κ2) is 18.8. The molecule has 0 spiro atoms. The molecule has 0 saturated carbocycles. The van der Waals surface area contributed by atoms with Crippen LogP contribution in [0.15, 0.2) is 72.8 Å². The third kappa shape index (κ3) is 13.1. The Kier molecular flexibility index (Phi) is 15.7. The number of hydrogen-bond donors (Lipinski definition) is 2. The Hall–Kier alpha value is -2.39. The van der Waals surface area contributed by atoms with Gasteiger partial charge in [-0.2, -0.15) is 0 Å². The molecule has 0 fully saturated rings. The van der Waals surface area contributed by atoms with Gasteiger partial charge in [0.2, 0.25) is 0 Å². The summed E-state index contributed by atoms with van der Waals surface area (Å²) in [5.41, 5.74) is 2.61. The fraction of sp³-hybridized carbons (Fsp3) is 0.559. The third-order valence-corrected chi connectivity index (χ3v) is 7.69. The maximum atomic E-state index is 12.0. The number of carboxylic acid groups (broad SMARTS) is 1. The molecule has 2 aromatic rings. The van der Waals surface area contributed by atoms with Crippen LogP contribution in [0.1, 0.15) is 95.6 Å². The highest BCUT2D eigenvalue weighted by molar-refractivity contribution is 5.71. The number of carboxylic acids is 1. The number of benzene rings is 2. The highest BCUT2D eigenvalue weighted by Gasteiger charge is 2.31. The van der Waals surface area contributed by atoms with Crippen molar-refractivity contribution < 1.29 is 15.0 Å². The first-order valence-electron chi connectivity index (χ1n) is 14.6. The summed E-state index contributed by atoms with van der Waals surface area (Å²) in [5, 5.41) is 20.2. The van der Waals surface area contributed by atoms with Crippen LogP contribution in [0.25, 0.3) is 0 Å². The second-order valence-corrected chi connectivity index (χ2v) is 10.8. The zero-order chi connectivity index (χ0) is 26.7. The van der Waals surface area contributed by atoms with E-state index in [-0.39, 0.29) is 5.92 Å². The van der Waals surface area contributed by atoms with Crippen LogP contribution in [0.4, 0.5) is 0 Å². The quantitative estimate of drug-likeness (QED) is 0.139. The summed E-state index contributed by atoms with van der Waals surface area (Å²) >= 11 is 0. The van der Waals surface area contributed by atoms with Gasteiger partial charge in [0, 0.05) is 0 Å². The molecule has 2 N–H and O–H groups in total. The molecule has 4 atom stereocenters. The van der Waals surface area contributed by atoms with E-state index in [2.05, 4.69) is 61.5 Å². The maximum Gasteiger partial charge on any atom is 0.309 e. The van der Waals surface area contributed by atoms with E-state index < -0.39 is 18.0 Å². The monoisotopic (exact) mass is 506 g/mol. The highest BCUT2D eigenvalue weighted by atomic mass is 16.4. The van der Waals surface area contributed by atoms with Gasteiger partial charge in [0.05, 0.1) is 12.0 Å². The summed E-state index contributed by atoms with van der Waals surface area (Å²) in [7, 11) is 0. The predicted octanol–water partition coefficient (Wildman–Crippen LogP) is 8.65. The SMILES string of the molecule is CCCCCC/C=C\C[C@H](CCC[C@H](CCc1ccccc1)[C@H](C(=O)O)[C@H](C)O)CCc1ccccc1. The van der Waals surface area contributed by atoms with Crippen LogP contribution in [-0.2, 0) is 17.6 Å². The molecule has 2 aromatic carbocycles. The van der Waals surface area contributed by atoms with Gasteiger partial charge >= 0.3 is 5.97 Å². The van der Waals surface area contributed by atoms with Crippen molar-refractivity contribution in [1.29, 1.82) is 0 Å². The Morgan fingerprint density at radius 2 is 1.41 bits per heavy atom. The number of unbranched alkanes of at least 4 members (excludes halogenated alkanes) is 4. The molecule has 0 bridgehead atoms. The molecule has 0 radical (unpaired) electrons. The lowest BCUT2D eigenvalue weighted by Gasteiger charge is -2.27. The minimum absolute atomic E-state index is 0.0263. The molecule has 0 aliphatic heterocycles. The van der Waals surface area contributed by atoms with Crippen molar-refractivity contribution in [3.63, 3.8) is 0 Å². The van der Waals surface area contributed by atoms with Crippen molar-refractivity contribution in [3.8, 4) is 0 Å². The largest absolute Gasteiger partial charge is 0.481 e. The zero-order valence-electron chi connectivity index (χ0n) is 23.2. The van der Waals surface area contributed by atoms with Gasteiger partial charge in [-0.05, 0) is 81.3 Å². The van der Waals surface area contributed by atoms with Crippen LogP contribution < -0.4 is 0 Å². The van der Waals surface area contributed by atoms with Gasteiger partial charge in [0.15, 0.2) is 0 Å². The first-order valence-corrected chi connectivity index (χ1v) is 14.6. The fourth-order valence-electron chi connectivity index (χ4n) is 5.46. The Labute approximate surface area is 226 Å². The molecule has 37 heavy (non-hydrogen) atoms. The summed E-state index contributed by atoms with van der Waals surface area (Å²) < 4.78 is 0. The topological polar surface area (TPSA) is 57.5 Å². The van der Waals surface area contributed by atoms with Crippen molar-refractivity contribution in [2.45, 2.75) is 103 Å². The molecular weight excluding hydrogens is 456 g/mol. The van der Waals surface area contributed by atoms with Crippen molar-refractivity contribution in [3.05, 3.63) is 83.9 Å². The molecule has 0 saturated heterocycles.